The van der Waals surface area contributed by atoms with Crippen LogP contribution in [0.5, 0.6) is 0 Å². The number of hydrogen-bond acceptors (Lipinski definition) is 3. The van der Waals surface area contributed by atoms with E-state index in [1.54, 1.807) is 0 Å². The molecule has 0 fully saturated rings. The minimum absolute atomic E-state index is 0.194. The fourth-order valence-corrected chi connectivity index (χ4v) is 3.23. The largest absolute Gasteiger partial charge is 0.310 e. The van der Waals surface area contributed by atoms with Gasteiger partial charge in [0.2, 0.25) is 9.84 Å². The molecule has 1 aliphatic rings. The number of sulfone groups is 1. The molecule has 0 atom stereocenters. The van der Waals surface area contributed by atoms with Crippen LogP contribution in [0.4, 0.5) is 4.39 Å². The van der Waals surface area contributed by atoms with Gasteiger partial charge in [-0.3, -0.25) is 0 Å². The summed E-state index contributed by atoms with van der Waals surface area (Å²) < 4.78 is 36.7. The van der Waals surface area contributed by atoms with Gasteiger partial charge in [-0.2, -0.15) is 0 Å². The third-order valence-corrected chi connectivity index (χ3v) is 4.16. The van der Waals surface area contributed by atoms with Crippen LogP contribution in [0, 0.1) is 5.82 Å². The Bertz CT molecular complexity index is 576. The Hall–Kier alpha value is -1.20. The smallest absolute Gasteiger partial charge is 0.200 e. The topological polar surface area (TPSA) is 46.2 Å². The zero-order valence-electron chi connectivity index (χ0n) is 9.70. The van der Waals surface area contributed by atoms with Crippen molar-refractivity contribution >= 4 is 15.4 Å². The summed E-state index contributed by atoms with van der Waals surface area (Å²) in [6.07, 6.45) is 0. The summed E-state index contributed by atoms with van der Waals surface area (Å²) in [6, 6.07) is 4.01. The Morgan fingerprint density at radius 3 is 2.71 bits per heavy atom. The van der Waals surface area contributed by atoms with E-state index in [2.05, 4.69) is 5.32 Å². The van der Waals surface area contributed by atoms with E-state index in [-0.39, 0.29) is 10.9 Å². The van der Waals surface area contributed by atoms with E-state index in [0.29, 0.717) is 17.7 Å². The molecule has 0 saturated carbocycles. The van der Waals surface area contributed by atoms with E-state index >= 15 is 0 Å². The average Bonchev–Trinajstić information content (AvgIpc) is 2.47. The molecule has 0 aromatic heterocycles. The van der Waals surface area contributed by atoms with E-state index in [1.807, 2.05) is 13.8 Å². The first-order valence-corrected chi connectivity index (χ1v) is 6.94. The normalized spacial score (nSPS) is 17.1. The van der Waals surface area contributed by atoms with Crippen molar-refractivity contribution in [3.8, 4) is 0 Å². The first-order valence-electron chi connectivity index (χ1n) is 5.39. The van der Waals surface area contributed by atoms with Crippen molar-refractivity contribution < 1.29 is 12.8 Å². The Morgan fingerprint density at radius 1 is 1.35 bits per heavy atom. The van der Waals surface area contributed by atoms with Crippen LogP contribution in [-0.2, 0) is 9.84 Å². The van der Waals surface area contributed by atoms with Crippen LogP contribution in [0.2, 0.25) is 0 Å². The van der Waals surface area contributed by atoms with E-state index in [4.69, 9.17) is 0 Å². The number of fused-ring (bicyclic) bond motifs is 1. The first-order chi connectivity index (χ1) is 7.90. The van der Waals surface area contributed by atoms with Gasteiger partial charge >= 0.3 is 0 Å². The van der Waals surface area contributed by atoms with Gasteiger partial charge in [0.1, 0.15) is 5.82 Å². The Balaban J connectivity index is 2.41. The summed E-state index contributed by atoms with van der Waals surface area (Å²) in [6.45, 7) is 4.36. The van der Waals surface area contributed by atoms with Crippen LogP contribution in [-0.4, -0.2) is 21.0 Å². The van der Waals surface area contributed by atoms with Crippen LogP contribution < -0.4 is 5.32 Å². The summed E-state index contributed by atoms with van der Waals surface area (Å²) in [5.74, 6) is -0.420. The number of rotatable bonds is 3. The van der Waals surface area contributed by atoms with Gasteiger partial charge in [-0.05, 0) is 23.8 Å². The molecule has 0 unspecified atom stereocenters. The van der Waals surface area contributed by atoms with Crippen molar-refractivity contribution in [2.24, 2.45) is 0 Å². The third-order valence-electron chi connectivity index (χ3n) is 2.59. The standard InChI is InChI=1S/C12H14FNO2S/c1-8(2)14-6-9-7-17(15,16)12-4-3-10(13)5-11(9)12/h3-5,7-8,14H,6H2,1-2H3. The quantitative estimate of drug-likeness (QED) is 0.840. The van der Waals surface area contributed by atoms with Gasteiger partial charge in [0.25, 0.3) is 0 Å². The van der Waals surface area contributed by atoms with Crippen LogP contribution in [0.1, 0.15) is 19.4 Å². The molecule has 0 saturated heterocycles. The summed E-state index contributed by atoms with van der Waals surface area (Å²) in [5.41, 5.74) is 1.09. The monoisotopic (exact) mass is 255 g/mol. The lowest BCUT2D eigenvalue weighted by molar-refractivity contribution is 0.604. The molecule has 0 spiro atoms. The molecular formula is C12H14FNO2S. The van der Waals surface area contributed by atoms with Gasteiger partial charge in [-0.15, -0.1) is 0 Å². The predicted octanol–water partition coefficient (Wildman–Crippen LogP) is 1.95. The molecule has 1 aliphatic heterocycles. The van der Waals surface area contributed by atoms with E-state index in [1.165, 1.54) is 23.6 Å². The number of halogens is 1. The molecule has 0 amide bonds. The SMILES string of the molecule is CC(C)NCC1=CS(=O)(=O)c2ccc(F)cc21. The minimum atomic E-state index is -3.39. The van der Waals surface area contributed by atoms with Crippen molar-refractivity contribution in [2.75, 3.05) is 6.54 Å². The number of nitrogens with one attached hydrogen (secondary N) is 1. The zero-order chi connectivity index (χ0) is 12.6. The zero-order valence-corrected chi connectivity index (χ0v) is 10.5. The van der Waals surface area contributed by atoms with Crippen molar-refractivity contribution in [1.82, 2.24) is 5.32 Å². The Kier molecular flexibility index (Phi) is 3.05. The second kappa shape index (κ2) is 4.23. The second-order valence-electron chi connectivity index (χ2n) is 4.36. The summed E-state index contributed by atoms with van der Waals surface area (Å²) in [7, 11) is -3.39. The molecule has 3 nitrogen and oxygen atoms in total. The van der Waals surface area contributed by atoms with Crippen molar-refractivity contribution in [1.29, 1.82) is 0 Å². The molecule has 1 heterocycles. The lowest BCUT2D eigenvalue weighted by Crippen LogP contribution is -2.24. The second-order valence-corrected chi connectivity index (χ2v) is 6.13. The molecular weight excluding hydrogens is 241 g/mol. The van der Waals surface area contributed by atoms with Crippen LogP contribution in [0.25, 0.3) is 5.57 Å². The van der Waals surface area contributed by atoms with Crippen molar-refractivity contribution in [3.63, 3.8) is 0 Å². The molecule has 5 heteroatoms. The highest BCUT2D eigenvalue weighted by Crippen LogP contribution is 2.33. The minimum Gasteiger partial charge on any atom is -0.310 e. The molecule has 92 valence electrons. The van der Waals surface area contributed by atoms with Gasteiger partial charge in [0.05, 0.1) is 4.90 Å². The molecule has 1 N–H and O–H groups in total. The van der Waals surface area contributed by atoms with Gasteiger partial charge in [0.15, 0.2) is 0 Å². The van der Waals surface area contributed by atoms with Crippen LogP contribution >= 0.6 is 0 Å². The summed E-state index contributed by atoms with van der Waals surface area (Å²) in [5, 5.41) is 4.35. The van der Waals surface area contributed by atoms with Crippen molar-refractivity contribution in [2.45, 2.75) is 24.8 Å². The lowest BCUT2D eigenvalue weighted by Gasteiger charge is -2.09. The highest BCUT2D eigenvalue weighted by molar-refractivity contribution is 7.95. The number of benzene rings is 1. The Morgan fingerprint density at radius 2 is 2.06 bits per heavy atom. The lowest BCUT2D eigenvalue weighted by atomic mass is 10.1. The molecule has 1 aromatic carbocycles. The van der Waals surface area contributed by atoms with Gasteiger partial charge in [-0.1, -0.05) is 13.8 Å². The van der Waals surface area contributed by atoms with E-state index in [9.17, 15) is 12.8 Å². The summed E-state index contributed by atoms with van der Waals surface area (Å²) in [4.78, 5) is 0.194. The Labute approximate surface area is 100 Å². The van der Waals surface area contributed by atoms with E-state index in [0.717, 1.165) is 0 Å². The first kappa shape index (κ1) is 12.3. The molecule has 0 bridgehead atoms. The maximum Gasteiger partial charge on any atom is 0.200 e. The molecule has 0 aliphatic carbocycles. The molecule has 1 aromatic rings. The summed E-state index contributed by atoms with van der Waals surface area (Å²) >= 11 is 0. The van der Waals surface area contributed by atoms with Crippen LogP contribution in [0.3, 0.4) is 0 Å². The molecule has 0 radical (unpaired) electrons. The molecule has 2 rings (SSSR count). The number of hydrogen-bond donors (Lipinski definition) is 1. The molecule has 17 heavy (non-hydrogen) atoms. The highest BCUT2D eigenvalue weighted by Gasteiger charge is 2.26. The predicted molar refractivity (Wildman–Crippen MR) is 64.7 cm³/mol. The van der Waals surface area contributed by atoms with E-state index < -0.39 is 15.7 Å². The maximum atomic E-state index is 13.1. The van der Waals surface area contributed by atoms with Gasteiger partial charge < -0.3 is 5.32 Å². The van der Waals surface area contributed by atoms with Crippen LogP contribution in [0.15, 0.2) is 28.5 Å². The fraction of sp³-hybridized carbons (Fsp3) is 0.333. The average molecular weight is 255 g/mol. The van der Waals surface area contributed by atoms with Gasteiger partial charge in [-0.25, -0.2) is 12.8 Å². The highest BCUT2D eigenvalue weighted by atomic mass is 32.2. The maximum absolute atomic E-state index is 13.1. The van der Waals surface area contributed by atoms with Crippen molar-refractivity contribution in [3.05, 3.63) is 35.0 Å². The fourth-order valence-electron chi connectivity index (χ4n) is 1.77. The third kappa shape index (κ3) is 2.40. The van der Waals surface area contributed by atoms with Gasteiger partial charge in [0, 0.05) is 23.6 Å².